The molecule has 2 aromatic rings. The second-order valence-electron chi connectivity index (χ2n) is 4.43. The summed E-state index contributed by atoms with van der Waals surface area (Å²) >= 11 is 0. The van der Waals surface area contributed by atoms with Crippen molar-refractivity contribution in [3.63, 3.8) is 0 Å². The molecule has 1 nitrogen and oxygen atoms in total. The van der Waals surface area contributed by atoms with Gasteiger partial charge < -0.3 is 4.57 Å². The quantitative estimate of drug-likeness (QED) is 0.659. The predicted molar refractivity (Wildman–Crippen MR) is 66.6 cm³/mol. The number of nitrogens with zero attached hydrogens (tertiary/aromatic N) is 1. The lowest BCUT2D eigenvalue weighted by Crippen LogP contribution is -1.97. The van der Waals surface area contributed by atoms with E-state index in [1.165, 1.54) is 33.3 Å². The Bertz CT molecular complexity index is 518. The van der Waals surface area contributed by atoms with Crippen molar-refractivity contribution in [1.82, 2.24) is 4.57 Å². The lowest BCUT2D eigenvalue weighted by molar-refractivity contribution is 0.764. The number of hydrogen-bond donors (Lipinski definition) is 0. The Morgan fingerprint density at radius 2 is 1.73 bits per heavy atom. The van der Waals surface area contributed by atoms with E-state index in [-0.39, 0.29) is 0 Å². The van der Waals surface area contributed by atoms with Crippen LogP contribution in [0.3, 0.4) is 0 Å². The van der Waals surface area contributed by atoms with Crippen molar-refractivity contribution in [3.05, 3.63) is 34.5 Å². The maximum absolute atomic E-state index is 2.42. The fraction of sp³-hybridized carbons (Fsp3) is 0.429. The van der Waals surface area contributed by atoms with Crippen LogP contribution in [0.25, 0.3) is 10.9 Å². The minimum absolute atomic E-state index is 1.06. The van der Waals surface area contributed by atoms with Gasteiger partial charge in [-0.3, -0.25) is 0 Å². The SMILES string of the molecule is CCn1c(C)c(C)c2cc(C)cc(C)c21. The van der Waals surface area contributed by atoms with Gasteiger partial charge in [-0.05, 0) is 51.8 Å². The van der Waals surface area contributed by atoms with Gasteiger partial charge in [-0.25, -0.2) is 0 Å². The number of hydrogen-bond acceptors (Lipinski definition) is 0. The van der Waals surface area contributed by atoms with E-state index in [9.17, 15) is 0 Å². The van der Waals surface area contributed by atoms with Crippen molar-refractivity contribution < 1.29 is 0 Å². The van der Waals surface area contributed by atoms with Crippen LogP contribution in [0.1, 0.15) is 29.3 Å². The van der Waals surface area contributed by atoms with Gasteiger partial charge in [0.1, 0.15) is 0 Å². The first-order chi connectivity index (χ1) is 7.06. The predicted octanol–water partition coefficient (Wildman–Crippen LogP) is 3.89. The van der Waals surface area contributed by atoms with Gasteiger partial charge in [-0.15, -0.1) is 0 Å². The topological polar surface area (TPSA) is 4.93 Å². The maximum atomic E-state index is 2.42. The van der Waals surface area contributed by atoms with Crippen molar-refractivity contribution in [2.45, 2.75) is 41.2 Å². The first-order valence-electron chi connectivity index (χ1n) is 5.63. The summed E-state index contributed by atoms with van der Waals surface area (Å²) < 4.78 is 2.42. The molecule has 0 bridgehead atoms. The molecule has 0 saturated carbocycles. The van der Waals surface area contributed by atoms with Crippen LogP contribution in [0.2, 0.25) is 0 Å². The molecule has 0 saturated heterocycles. The largest absolute Gasteiger partial charge is 0.345 e. The monoisotopic (exact) mass is 201 g/mol. The minimum atomic E-state index is 1.06. The van der Waals surface area contributed by atoms with Gasteiger partial charge in [-0.2, -0.15) is 0 Å². The third-order valence-electron chi connectivity index (χ3n) is 3.38. The van der Waals surface area contributed by atoms with E-state index in [4.69, 9.17) is 0 Å². The highest BCUT2D eigenvalue weighted by molar-refractivity contribution is 5.88. The normalized spacial score (nSPS) is 11.3. The molecule has 1 heterocycles. The van der Waals surface area contributed by atoms with Crippen molar-refractivity contribution in [2.75, 3.05) is 0 Å². The summed E-state index contributed by atoms with van der Waals surface area (Å²) in [5.74, 6) is 0. The maximum Gasteiger partial charge on any atom is 0.0514 e. The van der Waals surface area contributed by atoms with Crippen molar-refractivity contribution in [1.29, 1.82) is 0 Å². The fourth-order valence-corrected chi connectivity index (χ4v) is 2.56. The van der Waals surface area contributed by atoms with Crippen LogP contribution in [0.4, 0.5) is 0 Å². The molecule has 0 aliphatic rings. The Kier molecular flexibility index (Phi) is 2.34. The van der Waals surface area contributed by atoms with Crippen LogP contribution in [-0.2, 0) is 6.54 Å². The zero-order valence-corrected chi connectivity index (χ0v) is 10.3. The van der Waals surface area contributed by atoms with Gasteiger partial charge >= 0.3 is 0 Å². The summed E-state index contributed by atoms with van der Waals surface area (Å²) in [4.78, 5) is 0. The Morgan fingerprint density at radius 1 is 1.07 bits per heavy atom. The van der Waals surface area contributed by atoms with Gasteiger partial charge in [0.25, 0.3) is 0 Å². The zero-order chi connectivity index (χ0) is 11.2. The number of aryl methyl sites for hydroxylation is 4. The molecule has 0 aliphatic heterocycles. The molecule has 0 atom stereocenters. The highest BCUT2D eigenvalue weighted by Crippen LogP contribution is 2.28. The van der Waals surface area contributed by atoms with Gasteiger partial charge in [0.2, 0.25) is 0 Å². The Morgan fingerprint density at radius 3 is 2.33 bits per heavy atom. The summed E-state index contributed by atoms with van der Waals surface area (Å²) in [5, 5.41) is 1.42. The molecule has 2 rings (SSSR count). The van der Waals surface area contributed by atoms with Gasteiger partial charge in [-0.1, -0.05) is 11.6 Å². The molecule has 0 aliphatic carbocycles. The average Bonchev–Trinajstić information content (AvgIpc) is 2.42. The average molecular weight is 201 g/mol. The summed E-state index contributed by atoms with van der Waals surface area (Å²) in [6.45, 7) is 12.1. The summed E-state index contributed by atoms with van der Waals surface area (Å²) in [7, 11) is 0. The summed E-state index contributed by atoms with van der Waals surface area (Å²) in [6.07, 6.45) is 0. The number of aromatic nitrogens is 1. The second kappa shape index (κ2) is 3.41. The van der Waals surface area contributed by atoms with Gasteiger partial charge in [0.05, 0.1) is 5.52 Å². The molecule has 80 valence electrons. The Hall–Kier alpha value is -1.24. The van der Waals surface area contributed by atoms with Crippen LogP contribution in [0.5, 0.6) is 0 Å². The standard InChI is InChI=1S/C14H19N/c1-6-15-12(5)11(4)13-8-9(2)7-10(3)14(13)15/h7-8H,6H2,1-5H3. The van der Waals surface area contributed by atoms with E-state index in [1.807, 2.05) is 0 Å². The van der Waals surface area contributed by atoms with E-state index >= 15 is 0 Å². The molecule has 0 amide bonds. The molecule has 1 heteroatoms. The van der Waals surface area contributed by atoms with E-state index in [0.29, 0.717) is 0 Å². The summed E-state index contributed by atoms with van der Waals surface area (Å²) in [5.41, 5.74) is 7.00. The lowest BCUT2D eigenvalue weighted by Gasteiger charge is -2.07. The van der Waals surface area contributed by atoms with E-state index in [1.54, 1.807) is 0 Å². The molecule has 0 unspecified atom stereocenters. The molecule has 0 spiro atoms. The highest BCUT2D eigenvalue weighted by atomic mass is 15.0. The van der Waals surface area contributed by atoms with E-state index < -0.39 is 0 Å². The smallest absolute Gasteiger partial charge is 0.0514 e. The van der Waals surface area contributed by atoms with Gasteiger partial charge in [0, 0.05) is 17.6 Å². The number of fused-ring (bicyclic) bond motifs is 1. The molecule has 1 aromatic heterocycles. The minimum Gasteiger partial charge on any atom is -0.345 e. The second-order valence-corrected chi connectivity index (χ2v) is 4.43. The zero-order valence-electron chi connectivity index (χ0n) is 10.3. The summed E-state index contributed by atoms with van der Waals surface area (Å²) in [6, 6.07) is 4.57. The first-order valence-corrected chi connectivity index (χ1v) is 5.63. The molecule has 0 N–H and O–H groups in total. The molecular weight excluding hydrogens is 182 g/mol. The molecule has 15 heavy (non-hydrogen) atoms. The number of benzene rings is 1. The van der Waals surface area contributed by atoms with Crippen LogP contribution in [-0.4, -0.2) is 4.57 Å². The van der Waals surface area contributed by atoms with Crippen molar-refractivity contribution in [2.24, 2.45) is 0 Å². The van der Waals surface area contributed by atoms with E-state index in [2.05, 4.69) is 51.3 Å². The van der Waals surface area contributed by atoms with Crippen LogP contribution in [0, 0.1) is 27.7 Å². The molecule has 1 aromatic carbocycles. The van der Waals surface area contributed by atoms with Crippen LogP contribution < -0.4 is 0 Å². The Labute approximate surface area is 91.7 Å². The van der Waals surface area contributed by atoms with Crippen molar-refractivity contribution >= 4 is 10.9 Å². The van der Waals surface area contributed by atoms with E-state index in [0.717, 1.165) is 6.54 Å². The Balaban J connectivity index is 2.97. The highest BCUT2D eigenvalue weighted by Gasteiger charge is 2.11. The number of rotatable bonds is 1. The molecule has 0 fully saturated rings. The fourth-order valence-electron chi connectivity index (χ4n) is 2.56. The van der Waals surface area contributed by atoms with Crippen LogP contribution >= 0.6 is 0 Å². The third kappa shape index (κ3) is 1.38. The third-order valence-corrected chi connectivity index (χ3v) is 3.38. The molecule has 0 radical (unpaired) electrons. The molecular formula is C14H19N. The van der Waals surface area contributed by atoms with Crippen molar-refractivity contribution in [3.8, 4) is 0 Å². The lowest BCUT2D eigenvalue weighted by atomic mass is 10.1. The van der Waals surface area contributed by atoms with Gasteiger partial charge in [0.15, 0.2) is 0 Å². The first kappa shape index (κ1) is 10.3. The van der Waals surface area contributed by atoms with Crippen LogP contribution in [0.15, 0.2) is 12.1 Å².